The highest BCUT2D eigenvalue weighted by molar-refractivity contribution is 8.00. The van der Waals surface area contributed by atoms with Crippen molar-refractivity contribution in [3.05, 3.63) is 245 Å². The normalized spacial score (nSPS) is 26.3. The molecule has 36 nitrogen and oxygen atoms in total. The van der Waals surface area contributed by atoms with Crippen LogP contribution in [-0.4, -0.2) is 255 Å². The Morgan fingerprint density at radius 1 is 0.482 bits per heavy atom. The van der Waals surface area contributed by atoms with E-state index >= 15 is 19.2 Å². The second kappa shape index (κ2) is 49.6. The van der Waals surface area contributed by atoms with E-state index in [1.165, 1.54) is 24.3 Å². The van der Waals surface area contributed by atoms with Crippen molar-refractivity contribution in [3.8, 4) is 0 Å². The van der Waals surface area contributed by atoms with Crippen molar-refractivity contribution in [1.82, 2.24) is 16.0 Å². The van der Waals surface area contributed by atoms with E-state index < -0.39 is 247 Å². The van der Waals surface area contributed by atoms with Crippen molar-refractivity contribution in [2.75, 3.05) is 53.9 Å². The maximum atomic E-state index is 16.3. The number of ether oxygens (including phenoxy) is 23. The Balaban J connectivity index is 1.00. The summed E-state index contributed by atoms with van der Waals surface area (Å²) >= 11 is 38.8. The SMILES string of the molecule is COC(=O)[C@@]1(O[C@H](COCc2ccccc2)[C@@H](OC(C)=O)[C@@H]2O[C@@](O[C@H]3[C@@H](OC(=O)OCC(Cl)(Cl)Cl)[C@@H](COCc4ccccc4)O[C@@H](O[C@@H]4[C@@H](NC(=O)OCC(Cl)(Cl)Cl)[C@H](Sc5c(C)cccc5C)O[C@H](COCc5ccccc5)[C@@H]4OCc4ccccc4)[C@@H]3OC(=O)c3ccccc3)(C(=O)OC)C[C@@H]3OC(=O)N[C@@H]23)C[C@@H]2OC(=O)N[C@H]2[C@H]([C@H](OC(C)=O)[C@@H](COCc2ccccc2)OC(C)=O)O1. The van der Waals surface area contributed by atoms with Crippen molar-refractivity contribution < 1.29 is 157 Å². The molecule has 0 spiro atoms. The number of thioether (sulfide) groups is 1. The Hall–Kier alpha value is -9.95. The van der Waals surface area contributed by atoms with Gasteiger partial charge in [0.1, 0.15) is 79.7 Å². The molecule has 6 saturated heterocycles. The number of hydrogen-bond acceptors (Lipinski definition) is 34. The lowest BCUT2D eigenvalue weighted by Crippen LogP contribution is -2.71. The Morgan fingerprint density at radius 3 is 1.40 bits per heavy atom. The van der Waals surface area contributed by atoms with Gasteiger partial charge in [0.25, 0.3) is 11.6 Å². The van der Waals surface area contributed by atoms with Gasteiger partial charge < -0.3 is 125 Å². The van der Waals surface area contributed by atoms with Crippen LogP contribution in [0.4, 0.5) is 19.2 Å². The molecule has 7 aromatic rings. The second-order valence-electron chi connectivity index (χ2n) is 32.9. The Morgan fingerprint density at radius 2 is 0.914 bits per heavy atom. The van der Waals surface area contributed by atoms with E-state index in [-0.39, 0.29) is 45.2 Å². The molecule has 6 heterocycles. The lowest BCUT2D eigenvalue weighted by molar-refractivity contribution is -0.380. The number of amides is 3. The first kappa shape index (κ1) is 106. The number of aryl methyl sites for hydroxylation is 2. The monoisotopic (exact) mass is 2070 g/mol. The number of methoxy groups -OCH3 is 2. The second-order valence-corrected chi connectivity index (χ2v) is 39.1. The Labute approximate surface area is 833 Å². The number of alkyl carbamates (subject to hydrolysis) is 3. The molecule has 43 heteroatoms. The van der Waals surface area contributed by atoms with Crippen molar-refractivity contribution >= 4 is 142 Å². The summed E-state index contributed by atoms with van der Waals surface area (Å²) in [5.74, 6) is -13.6. The van der Waals surface area contributed by atoms with Gasteiger partial charge in [-0.3, -0.25) is 14.4 Å². The number of fused-ring (bicyclic) bond motifs is 2. The number of alkyl halides is 6. The first-order valence-corrected chi connectivity index (χ1v) is 47.1. The van der Waals surface area contributed by atoms with Gasteiger partial charge in [0, 0.05) is 25.7 Å². The predicted octanol–water partition coefficient (Wildman–Crippen LogP) is 13.1. The lowest BCUT2D eigenvalue weighted by Gasteiger charge is -2.52. The van der Waals surface area contributed by atoms with Gasteiger partial charge in [-0.1, -0.05) is 269 Å². The minimum Gasteiger partial charge on any atom is -0.465 e. The fourth-order valence-corrected chi connectivity index (χ4v) is 18.3. The van der Waals surface area contributed by atoms with E-state index in [0.29, 0.717) is 27.1 Å². The summed E-state index contributed by atoms with van der Waals surface area (Å²) in [5, 5.41) is 8.23. The summed E-state index contributed by atoms with van der Waals surface area (Å²) < 4.78 is 145. The topological polar surface area (TPSA) is 419 Å². The minimum absolute atomic E-state index is 0.00222. The van der Waals surface area contributed by atoms with E-state index in [1.54, 1.807) is 127 Å². The molecule has 6 aliphatic heterocycles. The van der Waals surface area contributed by atoms with E-state index in [0.717, 1.165) is 63.4 Å². The third-order valence-corrected chi connectivity index (χ3v) is 24.8. The third kappa shape index (κ3) is 29.4. The van der Waals surface area contributed by atoms with Crippen molar-refractivity contribution in [2.45, 2.75) is 226 Å². The van der Waals surface area contributed by atoms with Gasteiger partial charge in [0.15, 0.2) is 36.8 Å². The molecule has 748 valence electrons. The highest BCUT2D eigenvalue weighted by Gasteiger charge is 2.68. The number of hydrogen-bond donors (Lipinski definition) is 3. The number of rotatable bonds is 42. The zero-order valence-corrected chi connectivity index (χ0v) is 81.3. The molecule has 0 aromatic heterocycles. The molecule has 6 aliphatic rings. The van der Waals surface area contributed by atoms with Crippen LogP contribution in [0.3, 0.4) is 0 Å². The quantitative estimate of drug-likeness (QED) is 0.0182. The van der Waals surface area contributed by atoms with Gasteiger partial charge in [0.2, 0.25) is 7.59 Å². The van der Waals surface area contributed by atoms with E-state index in [9.17, 15) is 28.8 Å². The van der Waals surface area contributed by atoms with Crippen LogP contribution >= 0.6 is 81.4 Å². The predicted molar refractivity (Wildman–Crippen MR) is 493 cm³/mol. The summed E-state index contributed by atoms with van der Waals surface area (Å²) in [6, 6.07) is 52.1. The summed E-state index contributed by atoms with van der Waals surface area (Å²) in [7, 11) is 1.83. The van der Waals surface area contributed by atoms with Crippen LogP contribution in [-0.2, 0) is 166 Å². The zero-order chi connectivity index (χ0) is 99.1. The van der Waals surface area contributed by atoms with Crippen LogP contribution < -0.4 is 16.0 Å². The van der Waals surface area contributed by atoms with Gasteiger partial charge in [-0.2, -0.15) is 0 Å². The van der Waals surface area contributed by atoms with Gasteiger partial charge in [-0.05, 0) is 64.9 Å². The van der Waals surface area contributed by atoms with Gasteiger partial charge >= 0.3 is 60.3 Å². The Kier molecular flexibility index (Phi) is 38.0. The molecule has 3 amide bonds. The van der Waals surface area contributed by atoms with E-state index in [4.69, 9.17) is 179 Å². The number of halogens is 6. The fraction of sp³-hybridized carbons (Fsp3) is 0.458. The van der Waals surface area contributed by atoms with Crippen molar-refractivity contribution in [2.24, 2.45) is 0 Å². The molecule has 0 saturated carbocycles. The molecular formula is C96H103Cl6N3O33S. The largest absolute Gasteiger partial charge is 0.508 e. The fourth-order valence-electron chi connectivity index (χ4n) is 16.7. The average Bonchev–Trinajstić information content (AvgIpc) is 1.56. The number of benzene rings is 7. The van der Waals surface area contributed by atoms with Gasteiger partial charge in [-0.25, -0.2) is 33.6 Å². The first-order chi connectivity index (χ1) is 66.6. The van der Waals surface area contributed by atoms with Gasteiger partial charge in [-0.15, -0.1) is 0 Å². The minimum atomic E-state index is -3.32. The first-order valence-electron chi connectivity index (χ1n) is 44.0. The van der Waals surface area contributed by atoms with Crippen molar-refractivity contribution in [1.29, 1.82) is 0 Å². The molecule has 6 fully saturated rings. The molecule has 0 radical (unpaired) electrons. The molecule has 139 heavy (non-hydrogen) atoms. The average molecular weight is 2070 g/mol. The smallest absolute Gasteiger partial charge is 0.465 e. The van der Waals surface area contributed by atoms with Gasteiger partial charge in [0.05, 0.1) is 110 Å². The van der Waals surface area contributed by atoms with Crippen LogP contribution in [0.5, 0.6) is 0 Å². The summed E-state index contributed by atoms with van der Waals surface area (Å²) in [6.07, 6.45) is -38.3. The van der Waals surface area contributed by atoms with E-state index in [1.807, 2.05) is 62.4 Å². The molecule has 0 aliphatic carbocycles. The number of esters is 6. The van der Waals surface area contributed by atoms with Crippen molar-refractivity contribution in [3.63, 3.8) is 0 Å². The summed E-state index contributed by atoms with van der Waals surface area (Å²) in [4.78, 5) is 148. The summed E-state index contributed by atoms with van der Waals surface area (Å²) in [5.41, 5.74) is 3.07. The maximum Gasteiger partial charge on any atom is 0.508 e. The molecular weight excluding hydrogens is 1970 g/mol. The molecule has 0 bridgehead atoms. The zero-order valence-electron chi connectivity index (χ0n) is 75.9. The van der Waals surface area contributed by atoms with E-state index in [2.05, 4.69) is 16.0 Å². The highest BCUT2D eigenvalue weighted by Crippen LogP contribution is 2.48. The maximum absolute atomic E-state index is 16.3. The number of carbonyl (C=O) groups is 10. The molecule has 0 unspecified atom stereocenters. The highest BCUT2D eigenvalue weighted by atomic mass is 35.6. The van der Waals surface area contributed by atoms with Crippen LogP contribution in [0.25, 0.3) is 0 Å². The summed E-state index contributed by atoms with van der Waals surface area (Å²) in [6.45, 7) is 1.60. The standard InChI is InChI=1S/C96H103Cl6N3O33S/c1-54-27-26-28-55(2)83(54)139-86-73(105-89(112)123-52-95(97,98)99)78(74(122-47-63-37-22-12-23-38-63)67(129-86)48-118-43-59-29-14-8-15-30-59)133-85-82(132-84(109)64-39-24-13-25-40-64)81(76(134-92(115)124-53-96(100,101)102)69(128-85)50-120-45-61-33-18-10-19-34-61)138-94(88(111)117-7)42-66-72(104-91(114)131-66)80(137-94)77(127-58(5)108)70(51-121-46-62-35-20-11-21-36-62)135-93(87(110)116-6)41-65-71(103-90(113)130-65)79(136-93)75(126-57(4)107)68(125-56(3)106)49-119-44-60-31-16-9-17-32-60/h8-40,65-82,85-86H,41-53H2,1-7H3,(H,103,113)(H,104,114)(H,105,112)/t65-,66-,67+,68+,69+,70+,71+,72+,73+,74-,75+,76-,77+,78+,79+,80+,81-,82+,85-,86-,93+,94-/m0/s1. The molecule has 3 N–H and O–H groups in total. The number of carbonyl (C=O) groups excluding carboxylic acids is 10. The lowest BCUT2D eigenvalue weighted by atomic mass is 9.87. The third-order valence-electron chi connectivity index (χ3n) is 22.7. The van der Waals surface area contributed by atoms with Crippen LogP contribution in [0.15, 0.2) is 205 Å². The molecule has 22 atom stereocenters. The van der Waals surface area contributed by atoms with Crippen LogP contribution in [0, 0.1) is 13.8 Å². The van der Waals surface area contributed by atoms with Crippen LogP contribution in [0.2, 0.25) is 0 Å². The number of nitrogens with one attached hydrogen (secondary N) is 3. The molecule has 13 rings (SSSR count). The molecule has 7 aromatic carbocycles. The Bertz CT molecular complexity index is 5250. The van der Waals surface area contributed by atoms with Crippen LogP contribution in [0.1, 0.15) is 82.9 Å².